The monoisotopic (exact) mass is 361 g/mol. The van der Waals surface area contributed by atoms with E-state index in [1.54, 1.807) is 30.3 Å². The van der Waals surface area contributed by atoms with E-state index in [9.17, 15) is 18.0 Å². The molecular weight excluding hydrogens is 343 g/mol. The number of hydrogen-bond acceptors (Lipinski definition) is 3. The Balaban J connectivity index is 2.16. The Morgan fingerprint density at radius 1 is 1.04 bits per heavy atom. The maximum atomic E-state index is 13.1. The maximum absolute atomic E-state index is 13.1. The van der Waals surface area contributed by atoms with E-state index in [0.29, 0.717) is 5.56 Å². The number of hydrazine groups is 1. The Morgan fingerprint density at radius 2 is 1.65 bits per heavy atom. The lowest BCUT2D eigenvalue weighted by Gasteiger charge is -2.19. The third-order valence-corrected chi connectivity index (χ3v) is 3.78. The highest BCUT2D eigenvalue weighted by Gasteiger charge is 2.34. The third kappa shape index (κ3) is 4.54. The molecule has 0 bridgehead atoms. The molecule has 2 N–H and O–H groups in total. The summed E-state index contributed by atoms with van der Waals surface area (Å²) in [5.41, 5.74) is 4.33. The van der Waals surface area contributed by atoms with Crippen molar-refractivity contribution in [2.24, 2.45) is 0 Å². The number of nitrogens with zero attached hydrogens (tertiary/aromatic N) is 1. The highest BCUT2D eigenvalue weighted by Crippen LogP contribution is 2.35. The number of carbonyl (C=O) groups is 1. The van der Waals surface area contributed by atoms with Gasteiger partial charge in [0, 0.05) is 5.56 Å². The molecule has 7 heteroatoms. The first kappa shape index (κ1) is 19.3. The Morgan fingerprint density at radius 3 is 2.15 bits per heavy atom. The predicted molar refractivity (Wildman–Crippen MR) is 92.4 cm³/mol. The Hall–Kier alpha value is -3.01. The van der Waals surface area contributed by atoms with E-state index >= 15 is 0 Å². The molecule has 2 aromatic carbocycles. The fourth-order valence-corrected chi connectivity index (χ4v) is 2.28. The lowest BCUT2D eigenvalue weighted by molar-refractivity contribution is -0.137. The van der Waals surface area contributed by atoms with Gasteiger partial charge in [-0.3, -0.25) is 15.6 Å². The van der Waals surface area contributed by atoms with E-state index in [4.69, 9.17) is 5.26 Å². The molecule has 0 unspecified atom stereocenters. The lowest BCUT2D eigenvalue weighted by Crippen LogP contribution is -2.30. The zero-order chi connectivity index (χ0) is 19.5. The smallest absolute Gasteiger partial charge is 0.298 e. The van der Waals surface area contributed by atoms with Crippen LogP contribution < -0.4 is 10.9 Å². The Kier molecular flexibility index (Phi) is 5.26. The fourth-order valence-electron chi connectivity index (χ4n) is 2.28. The molecule has 0 spiro atoms. The van der Waals surface area contributed by atoms with Crippen LogP contribution in [0.25, 0.3) is 0 Å². The van der Waals surface area contributed by atoms with Crippen molar-refractivity contribution in [3.63, 3.8) is 0 Å². The molecule has 2 aromatic rings. The standard InChI is InChI=1S/C19H18F3N3O/c1-18(2,3)14-7-5-13(6-8-14)17(26)25-24-16-9-4-12(11-23)10-15(16)19(20,21)22/h4-10,24H,1-3H3,(H,25,26). The molecule has 0 heterocycles. The van der Waals surface area contributed by atoms with Crippen molar-refractivity contribution in [1.29, 1.82) is 5.26 Å². The molecule has 0 fully saturated rings. The number of nitriles is 1. The van der Waals surface area contributed by atoms with Crippen LogP contribution in [0.5, 0.6) is 0 Å². The summed E-state index contributed by atoms with van der Waals surface area (Å²) in [6, 6.07) is 11.6. The summed E-state index contributed by atoms with van der Waals surface area (Å²) < 4.78 is 39.3. The molecule has 0 aliphatic rings. The van der Waals surface area contributed by atoms with Crippen molar-refractivity contribution in [2.75, 3.05) is 5.43 Å². The summed E-state index contributed by atoms with van der Waals surface area (Å²) in [4.78, 5) is 12.2. The van der Waals surface area contributed by atoms with Gasteiger partial charge in [-0.05, 0) is 41.3 Å². The molecule has 26 heavy (non-hydrogen) atoms. The molecule has 136 valence electrons. The highest BCUT2D eigenvalue weighted by molar-refractivity contribution is 5.95. The van der Waals surface area contributed by atoms with Gasteiger partial charge in [0.2, 0.25) is 0 Å². The summed E-state index contributed by atoms with van der Waals surface area (Å²) in [6.07, 6.45) is -4.66. The average Bonchev–Trinajstić information content (AvgIpc) is 2.58. The number of amides is 1. The second-order valence-electron chi connectivity index (χ2n) is 6.78. The van der Waals surface area contributed by atoms with Crippen LogP contribution in [0.15, 0.2) is 42.5 Å². The summed E-state index contributed by atoms with van der Waals surface area (Å²) in [6.45, 7) is 6.10. The summed E-state index contributed by atoms with van der Waals surface area (Å²) in [5, 5.41) is 8.76. The van der Waals surface area contributed by atoms with E-state index in [1.165, 1.54) is 6.07 Å². The lowest BCUT2D eigenvalue weighted by atomic mass is 9.87. The van der Waals surface area contributed by atoms with Crippen molar-refractivity contribution < 1.29 is 18.0 Å². The zero-order valence-electron chi connectivity index (χ0n) is 14.5. The van der Waals surface area contributed by atoms with Crippen LogP contribution >= 0.6 is 0 Å². The minimum atomic E-state index is -4.66. The van der Waals surface area contributed by atoms with E-state index < -0.39 is 17.6 Å². The number of benzene rings is 2. The first-order valence-electron chi connectivity index (χ1n) is 7.80. The molecule has 4 nitrogen and oxygen atoms in total. The van der Waals surface area contributed by atoms with Crippen LogP contribution in [0.4, 0.5) is 18.9 Å². The van der Waals surface area contributed by atoms with E-state index in [1.807, 2.05) is 20.8 Å². The van der Waals surface area contributed by atoms with Crippen LogP contribution in [0.3, 0.4) is 0 Å². The second kappa shape index (κ2) is 7.08. The van der Waals surface area contributed by atoms with Gasteiger partial charge in [0.15, 0.2) is 0 Å². The van der Waals surface area contributed by atoms with Crippen LogP contribution in [0.2, 0.25) is 0 Å². The molecule has 0 saturated carbocycles. The van der Waals surface area contributed by atoms with Gasteiger partial charge in [0.25, 0.3) is 5.91 Å². The van der Waals surface area contributed by atoms with Gasteiger partial charge < -0.3 is 0 Å². The third-order valence-electron chi connectivity index (χ3n) is 3.78. The van der Waals surface area contributed by atoms with E-state index in [0.717, 1.165) is 17.7 Å². The maximum Gasteiger partial charge on any atom is 0.418 e. The number of alkyl halides is 3. The Labute approximate surface area is 149 Å². The minimum Gasteiger partial charge on any atom is -0.298 e. The van der Waals surface area contributed by atoms with Crippen molar-refractivity contribution in [3.05, 3.63) is 64.7 Å². The van der Waals surface area contributed by atoms with E-state index in [2.05, 4.69) is 10.9 Å². The summed E-state index contributed by atoms with van der Waals surface area (Å²) in [5.74, 6) is -0.567. The van der Waals surface area contributed by atoms with Gasteiger partial charge in [0.1, 0.15) is 0 Å². The van der Waals surface area contributed by atoms with Crippen LogP contribution in [-0.4, -0.2) is 5.91 Å². The first-order chi connectivity index (χ1) is 12.0. The number of halogens is 3. The van der Waals surface area contributed by atoms with Gasteiger partial charge in [-0.2, -0.15) is 18.4 Å². The summed E-state index contributed by atoms with van der Waals surface area (Å²) in [7, 11) is 0. The predicted octanol–water partition coefficient (Wildman–Crippen LogP) is 4.63. The van der Waals surface area contributed by atoms with Crippen LogP contribution in [0, 0.1) is 11.3 Å². The molecule has 0 saturated heterocycles. The van der Waals surface area contributed by atoms with Gasteiger partial charge in [0.05, 0.1) is 22.9 Å². The van der Waals surface area contributed by atoms with Crippen molar-refractivity contribution in [2.45, 2.75) is 32.4 Å². The minimum absolute atomic E-state index is 0.0721. The average molecular weight is 361 g/mol. The van der Waals surface area contributed by atoms with Crippen LogP contribution in [-0.2, 0) is 11.6 Å². The van der Waals surface area contributed by atoms with Gasteiger partial charge in [-0.15, -0.1) is 0 Å². The zero-order valence-corrected chi connectivity index (χ0v) is 14.5. The molecule has 0 radical (unpaired) electrons. The van der Waals surface area contributed by atoms with E-state index in [-0.39, 0.29) is 16.7 Å². The van der Waals surface area contributed by atoms with Crippen molar-refractivity contribution in [1.82, 2.24) is 5.43 Å². The van der Waals surface area contributed by atoms with Crippen molar-refractivity contribution >= 4 is 11.6 Å². The number of rotatable bonds is 3. The second-order valence-corrected chi connectivity index (χ2v) is 6.78. The molecule has 2 rings (SSSR count). The normalized spacial score (nSPS) is 11.6. The summed E-state index contributed by atoms with van der Waals surface area (Å²) >= 11 is 0. The molecule has 0 atom stereocenters. The molecular formula is C19H18F3N3O. The van der Waals surface area contributed by atoms with Gasteiger partial charge in [-0.25, -0.2) is 0 Å². The fraction of sp³-hybridized carbons (Fsp3) is 0.263. The first-order valence-corrected chi connectivity index (χ1v) is 7.80. The number of hydrogen-bond donors (Lipinski definition) is 2. The Bertz CT molecular complexity index is 844. The highest BCUT2D eigenvalue weighted by atomic mass is 19.4. The quantitative estimate of drug-likeness (QED) is 0.784. The molecule has 0 aromatic heterocycles. The topological polar surface area (TPSA) is 64.9 Å². The van der Waals surface area contributed by atoms with Gasteiger partial charge >= 0.3 is 6.18 Å². The number of nitrogens with one attached hydrogen (secondary N) is 2. The molecule has 0 aliphatic carbocycles. The SMILES string of the molecule is CC(C)(C)c1ccc(C(=O)NNc2ccc(C#N)cc2C(F)(F)F)cc1. The molecule has 0 aliphatic heterocycles. The number of carbonyl (C=O) groups excluding carboxylic acids is 1. The number of anilines is 1. The van der Waals surface area contributed by atoms with Crippen molar-refractivity contribution in [3.8, 4) is 6.07 Å². The van der Waals surface area contributed by atoms with Gasteiger partial charge in [-0.1, -0.05) is 32.9 Å². The molecule has 1 amide bonds. The van der Waals surface area contributed by atoms with Crippen LogP contribution in [0.1, 0.15) is 47.8 Å². The largest absolute Gasteiger partial charge is 0.418 e.